The van der Waals surface area contributed by atoms with Gasteiger partial charge in [0, 0.05) is 18.8 Å². The Labute approximate surface area is 137 Å². The van der Waals surface area contributed by atoms with Crippen molar-refractivity contribution < 1.29 is 17.2 Å². The summed E-state index contributed by atoms with van der Waals surface area (Å²) < 4.78 is 55.4. The first-order chi connectivity index (χ1) is 11.3. The van der Waals surface area contributed by atoms with Crippen LogP contribution in [0.4, 0.5) is 14.5 Å². The van der Waals surface area contributed by atoms with Gasteiger partial charge in [-0.2, -0.15) is 8.42 Å². The number of halogens is 2. The maximum atomic E-state index is 13.6. The predicted octanol–water partition coefficient (Wildman–Crippen LogP) is 3.17. The minimum absolute atomic E-state index is 0.153. The first-order valence-corrected chi connectivity index (χ1v) is 8.40. The maximum absolute atomic E-state index is 13.6. The Hall–Kier alpha value is -2.74. The zero-order valence-electron chi connectivity index (χ0n) is 12.6. The van der Waals surface area contributed by atoms with Gasteiger partial charge in [0.2, 0.25) is 0 Å². The van der Waals surface area contributed by atoms with Gasteiger partial charge in [-0.05, 0) is 35.9 Å². The fraction of sp³-hybridized carbons (Fsp3) is 0.0625. The van der Waals surface area contributed by atoms with Crippen LogP contribution < -0.4 is 4.72 Å². The molecule has 0 unspecified atom stereocenters. The van der Waals surface area contributed by atoms with Gasteiger partial charge in [0.15, 0.2) is 5.03 Å². The van der Waals surface area contributed by atoms with Crippen LogP contribution in [0.5, 0.6) is 0 Å². The summed E-state index contributed by atoms with van der Waals surface area (Å²) in [6.45, 7) is 0. The molecule has 1 heterocycles. The van der Waals surface area contributed by atoms with Crippen LogP contribution in [-0.2, 0) is 17.1 Å². The third kappa shape index (κ3) is 3.28. The first-order valence-electron chi connectivity index (χ1n) is 6.91. The number of hydrogen-bond acceptors (Lipinski definition) is 3. The number of imidazole rings is 1. The third-order valence-corrected chi connectivity index (χ3v) is 4.59. The van der Waals surface area contributed by atoms with E-state index in [2.05, 4.69) is 9.71 Å². The van der Waals surface area contributed by atoms with Gasteiger partial charge in [0.1, 0.15) is 11.6 Å². The lowest BCUT2D eigenvalue weighted by atomic mass is 10.0. The Morgan fingerprint density at radius 1 is 1.04 bits per heavy atom. The van der Waals surface area contributed by atoms with E-state index in [1.165, 1.54) is 53.5 Å². The molecule has 0 saturated carbocycles. The molecule has 0 bridgehead atoms. The summed E-state index contributed by atoms with van der Waals surface area (Å²) in [5.41, 5.74) is 0.956. The Morgan fingerprint density at radius 3 is 2.33 bits per heavy atom. The van der Waals surface area contributed by atoms with E-state index in [-0.39, 0.29) is 10.7 Å². The van der Waals surface area contributed by atoms with Crippen molar-refractivity contribution in [3.63, 3.8) is 0 Å². The van der Waals surface area contributed by atoms with Gasteiger partial charge in [-0.25, -0.2) is 13.8 Å². The molecule has 0 atom stereocenters. The molecule has 8 heteroatoms. The molecule has 0 saturated heterocycles. The Balaban J connectivity index is 2.04. The molecule has 0 aliphatic heterocycles. The van der Waals surface area contributed by atoms with Crippen molar-refractivity contribution in [2.45, 2.75) is 5.03 Å². The van der Waals surface area contributed by atoms with Crippen molar-refractivity contribution >= 4 is 15.7 Å². The molecule has 2 aromatic carbocycles. The van der Waals surface area contributed by atoms with Gasteiger partial charge >= 0.3 is 0 Å². The predicted molar refractivity (Wildman–Crippen MR) is 85.8 cm³/mol. The summed E-state index contributed by atoms with van der Waals surface area (Å²) >= 11 is 0. The quantitative estimate of drug-likeness (QED) is 0.787. The molecule has 24 heavy (non-hydrogen) atoms. The summed E-state index contributed by atoms with van der Waals surface area (Å²) in [5, 5.41) is -0.153. The molecule has 1 N–H and O–H groups in total. The van der Waals surface area contributed by atoms with E-state index in [1.807, 2.05) is 0 Å². The highest BCUT2D eigenvalue weighted by Gasteiger charge is 2.19. The van der Waals surface area contributed by atoms with E-state index in [4.69, 9.17) is 0 Å². The van der Waals surface area contributed by atoms with E-state index in [1.54, 1.807) is 7.05 Å². The number of nitrogens with one attached hydrogen (secondary N) is 1. The third-order valence-electron chi connectivity index (χ3n) is 3.34. The molecule has 0 radical (unpaired) electrons. The lowest BCUT2D eigenvalue weighted by Crippen LogP contribution is -2.14. The van der Waals surface area contributed by atoms with E-state index in [0.29, 0.717) is 11.1 Å². The van der Waals surface area contributed by atoms with Gasteiger partial charge in [-0.1, -0.05) is 12.1 Å². The number of rotatable bonds is 4. The Morgan fingerprint density at radius 2 is 1.71 bits per heavy atom. The SMILES string of the molecule is Cn1cnc(S(=O)(=O)Nc2ccc(F)cc2-c2ccc(F)cc2)c1. The van der Waals surface area contributed by atoms with Crippen LogP contribution in [0, 0.1) is 11.6 Å². The number of nitrogens with zero attached hydrogens (tertiary/aromatic N) is 2. The fourth-order valence-electron chi connectivity index (χ4n) is 2.20. The summed E-state index contributed by atoms with van der Waals surface area (Å²) in [5.74, 6) is -0.971. The van der Waals surface area contributed by atoms with E-state index in [0.717, 1.165) is 6.07 Å². The van der Waals surface area contributed by atoms with Gasteiger partial charge < -0.3 is 4.57 Å². The average molecular weight is 349 g/mol. The monoisotopic (exact) mass is 349 g/mol. The van der Waals surface area contributed by atoms with Crippen LogP contribution in [0.3, 0.4) is 0 Å². The number of anilines is 1. The number of hydrogen-bond donors (Lipinski definition) is 1. The smallest absolute Gasteiger partial charge is 0.280 e. The lowest BCUT2D eigenvalue weighted by molar-refractivity contribution is 0.598. The highest BCUT2D eigenvalue weighted by molar-refractivity contribution is 7.92. The maximum Gasteiger partial charge on any atom is 0.280 e. The Kier molecular flexibility index (Phi) is 4.06. The summed E-state index contributed by atoms with van der Waals surface area (Å²) in [7, 11) is -2.28. The van der Waals surface area contributed by atoms with Gasteiger partial charge in [-0.3, -0.25) is 4.72 Å². The zero-order chi connectivity index (χ0) is 17.3. The second-order valence-electron chi connectivity index (χ2n) is 5.18. The molecule has 1 aromatic heterocycles. The largest absolute Gasteiger partial charge is 0.339 e. The number of benzene rings is 2. The zero-order valence-corrected chi connectivity index (χ0v) is 13.4. The molecule has 0 spiro atoms. The van der Waals surface area contributed by atoms with E-state index < -0.39 is 21.7 Å². The van der Waals surface area contributed by atoms with Crippen LogP contribution in [-0.4, -0.2) is 18.0 Å². The van der Waals surface area contributed by atoms with Crippen molar-refractivity contribution in [3.05, 3.63) is 66.6 Å². The van der Waals surface area contributed by atoms with Gasteiger partial charge in [0.25, 0.3) is 10.0 Å². The second-order valence-corrected chi connectivity index (χ2v) is 6.81. The number of aromatic nitrogens is 2. The second kappa shape index (κ2) is 6.04. The summed E-state index contributed by atoms with van der Waals surface area (Å²) in [6, 6.07) is 8.97. The van der Waals surface area contributed by atoms with Crippen molar-refractivity contribution in [2.24, 2.45) is 7.05 Å². The van der Waals surface area contributed by atoms with Gasteiger partial charge in [-0.15, -0.1) is 0 Å². The Bertz CT molecular complexity index is 983. The topological polar surface area (TPSA) is 64.0 Å². The van der Waals surface area contributed by atoms with Crippen molar-refractivity contribution in [2.75, 3.05) is 4.72 Å². The average Bonchev–Trinajstić information content (AvgIpc) is 2.97. The summed E-state index contributed by atoms with van der Waals surface area (Å²) in [6.07, 6.45) is 2.71. The molecule has 124 valence electrons. The molecule has 0 fully saturated rings. The highest BCUT2D eigenvalue weighted by Crippen LogP contribution is 2.30. The fourth-order valence-corrected chi connectivity index (χ4v) is 3.26. The molecule has 0 amide bonds. The molecular formula is C16H13F2N3O2S. The van der Waals surface area contributed by atoms with Crippen molar-refractivity contribution in [3.8, 4) is 11.1 Å². The molecule has 0 aliphatic carbocycles. The van der Waals surface area contributed by atoms with Crippen LogP contribution in [0.15, 0.2) is 60.0 Å². The minimum atomic E-state index is -3.92. The molecular weight excluding hydrogens is 336 g/mol. The van der Waals surface area contributed by atoms with Crippen molar-refractivity contribution in [1.29, 1.82) is 0 Å². The standard InChI is InChI=1S/C16H13F2N3O2S/c1-21-9-16(19-10-21)24(22,23)20-15-7-6-13(18)8-14(15)11-2-4-12(17)5-3-11/h2-10,20H,1H3. The lowest BCUT2D eigenvalue weighted by Gasteiger charge is -2.12. The highest BCUT2D eigenvalue weighted by atomic mass is 32.2. The number of aryl methyl sites for hydroxylation is 1. The van der Waals surface area contributed by atoms with Crippen LogP contribution in [0.25, 0.3) is 11.1 Å². The molecule has 3 rings (SSSR count). The van der Waals surface area contributed by atoms with Gasteiger partial charge in [0.05, 0.1) is 12.0 Å². The summed E-state index contributed by atoms with van der Waals surface area (Å²) in [4.78, 5) is 3.80. The van der Waals surface area contributed by atoms with E-state index >= 15 is 0 Å². The normalized spacial score (nSPS) is 11.5. The van der Waals surface area contributed by atoms with Crippen LogP contribution >= 0.6 is 0 Å². The minimum Gasteiger partial charge on any atom is -0.339 e. The van der Waals surface area contributed by atoms with E-state index in [9.17, 15) is 17.2 Å². The van der Waals surface area contributed by atoms with Crippen LogP contribution in [0.1, 0.15) is 0 Å². The molecule has 3 aromatic rings. The van der Waals surface area contributed by atoms with Crippen molar-refractivity contribution in [1.82, 2.24) is 9.55 Å². The first kappa shape index (κ1) is 16.1. The number of sulfonamides is 1. The molecule has 0 aliphatic rings. The van der Waals surface area contributed by atoms with Crippen LogP contribution in [0.2, 0.25) is 0 Å². The molecule has 5 nitrogen and oxygen atoms in total.